The first-order valence-electron chi connectivity index (χ1n) is 6.75. The second-order valence-electron chi connectivity index (χ2n) is 6.10. The van der Waals surface area contributed by atoms with E-state index in [0.29, 0.717) is 6.54 Å². The number of carboxylic acid groups (broad SMARTS) is 1. The van der Waals surface area contributed by atoms with E-state index in [4.69, 9.17) is 0 Å². The molecule has 1 unspecified atom stereocenters. The van der Waals surface area contributed by atoms with Gasteiger partial charge in [-0.1, -0.05) is 34.6 Å². The quantitative estimate of drug-likeness (QED) is 0.711. The van der Waals surface area contributed by atoms with Gasteiger partial charge in [0.1, 0.15) is 0 Å². The molecule has 0 aromatic rings. The predicted octanol–water partition coefficient (Wildman–Crippen LogP) is 3.25. The molecule has 3 nitrogen and oxygen atoms in total. The molecule has 0 aromatic heterocycles. The van der Waals surface area contributed by atoms with Crippen molar-refractivity contribution in [3.8, 4) is 0 Å². The lowest BCUT2D eigenvalue weighted by Gasteiger charge is -2.28. The van der Waals surface area contributed by atoms with E-state index in [1.54, 1.807) is 0 Å². The lowest BCUT2D eigenvalue weighted by atomic mass is 9.84. The van der Waals surface area contributed by atoms with Crippen LogP contribution in [0.2, 0.25) is 0 Å². The first-order valence-corrected chi connectivity index (χ1v) is 6.75. The Kier molecular flexibility index (Phi) is 7.44. The van der Waals surface area contributed by atoms with Gasteiger partial charge >= 0.3 is 5.97 Å². The second-order valence-corrected chi connectivity index (χ2v) is 6.10. The molecular formula is C14H29NO2. The van der Waals surface area contributed by atoms with Crippen molar-refractivity contribution >= 4 is 5.97 Å². The Labute approximate surface area is 106 Å². The Morgan fingerprint density at radius 2 is 1.65 bits per heavy atom. The Bertz CT molecular complexity index is 215. The summed E-state index contributed by atoms with van der Waals surface area (Å²) in [5.41, 5.74) is 0.0765. The molecule has 0 aliphatic heterocycles. The molecule has 0 aliphatic carbocycles. The molecule has 0 radical (unpaired) electrons. The Hall–Kier alpha value is -0.570. The van der Waals surface area contributed by atoms with Crippen LogP contribution in [0.1, 0.15) is 53.9 Å². The molecule has 0 amide bonds. The normalized spacial score (nSPS) is 14.0. The summed E-state index contributed by atoms with van der Waals surface area (Å²) in [6.07, 6.45) is 2.91. The summed E-state index contributed by atoms with van der Waals surface area (Å²) in [6, 6.07) is 0. The largest absolute Gasteiger partial charge is 0.481 e. The van der Waals surface area contributed by atoms with Gasteiger partial charge in [0, 0.05) is 6.54 Å². The van der Waals surface area contributed by atoms with Crippen LogP contribution in [0.3, 0.4) is 0 Å². The van der Waals surface area contributed by atoms with Gasteiger partial charge in [0.15, 0.2) is 0 Å². The lowest BCUT2D eigenvalue weighted by Crippen LogP contribution is -2.36. The smallest absolute Gasteiger partial charge is 0.307 e. The van der Waals surface area contributed by atoms with Crippen LogP contribution >= 0.6 is 0 Å². The van der Waals surface area contributed by atoms with Crippen LogP contribution in [0.25, 0.3) is 0 Å². The molecule has 0 rings (SSSR count). The number of carbonyl (C=O) groups is 1. The van der Waals surface area contributed by atoms with Crippen molar-refractivity contribution in [2.45, 2.75) is 53.9 Å². The summed E-state index contributed by atoms with van der Waals surface area (Å²) in [6.45, 7) is 13.3. The van der Waals surface area contributed by atoms with Crippen molar-refractivity contribution in [3.63, 3.8) is 0 Å². The highest BCUT2D eigenvalue weighted by Crippen LogP contribution is 2.25. The van der Waals surface area contributed by atoms with Gasteiger partial charge in [-0.25, -0.2) is 0 Å². The molecule has 0 saturated carbocycles. The predicted molar refractivity (Wildman–Crippen MR) is 72.2 cm³/mol. The molecule has 1 N–H and O–H groups in total. The number of hydrogen-bond acceptors (Lipinski definition) is 2. The van der Waals surface area contributed by atoms with Crippen LogP contribution in [0, 0.1) is 11.3 Å². The molecule has 17 heavy (non-hydrogen) atoms. The van der Waals surface area contributed by atoms with E-state index in [2.05, 4.69) is 39.5 Å². The van der Waals surface area contributed by atoms with Crippen molar-refractivity contribution in [1.82, 2.24) is 4.90 Å². The van der Waals surface area contributed by atoms with Crippen LogP contribution in [0.5, 0.6) is 0 Å². The second kappa shape index (κ2) is 7.70. The van der Waals surface area contributed by atoms with Gasteiger partial charge in [-0.15, -0.1) is 0 Å². The first-order chi connectivity index (χ1) is 7.80. The molecule has 0 aliphatic rings. The molecular weight excluding hydrogens is 214 g/mol. The summed E-state index contributed by atoms with van der Waals surface area (Å²) in [5.74, 6) is -0.898. The molecule has 3 heteroatoms. The molecule has 0 aromatic carbocycles. The summed E-state index contributed by atoms with van der Waals surface area (Å²) < 4.78 is 0. The minimum atomic E-state index is -0.655. The van der Waals surface area contributed by atoms with Crippen LogP contribution in [0.15, 0.2) is 0 Å². The van der Waals surface area contributed by atoms with Gasteiger partial charge in [0.05, 0.1) is 5.92 Å². The number of aliphatic carboxylic acids is 1. The molecule has 102 valence electrons. The summed E-state index contributed by atoms with van der Waals surface area (Å²) in [4.78, 5) is 13.6. The molecule has 0 saturated heterocycles. The number of hydrogen-bond donors (Lipinski definition) is 1. The van der Waals surface area contributed by atoms with Crippen molar-refractivity contribution in [3.05, 3.63) is 0 Å². The van der Waals surface area contributed by atoms with E-state index in [1.807, 2.05) is 0 Å². The van der Waals surface area contributed by atoms with E-state index >= 15 is 0 Å². The fourth-order valence-electron chi connectivity index (χ4n) is 2.21. The maximum atomic E-state index is 11.3. The van der Waals surface area contributed by atoms with Gasteiger partial charge in [0.2, 0.25) is 0 Å². The van der Waals surface area contributed by atoms with Gasteiger partial charge in [-0.2, -0.15) is 0 Å². The molecule has 0 fully saturated rings. The summed E-state index contributed by atoms with van der Waals surface area (Å²) in [5, 5.41) is 9.30. The molecule has 0 spiro atoms. The molecule has 1 atom stereocenters. The zero-order chi connectivity index (χ0) is 13.5. The van der Waals surface area contributed by atoms with E-state index in [1.165, 1.54) is 0 Å². The molecule has 0 heterocycles. The highest BCUT2D eigenvalue weighted by Gasteiger charge is 2.26. The average molecular weight is 243 g/mol. The third kappa shape index (κ3) is 8.19. The van der Waals surface area contributed by atoms with Crippen molar-refractivity contribution in [1.29, 1.82) is 0 Å². The zero-order valence-electron chi connectivity index (χ0n) is 12.1. The third-order valence-corrected chi connectivity index (χ3v) is 2.77. The average Bonchev–Trinajstić information content (AvgIpc) is 2.15. The van der Waals surface area contributed by atoms with Crippen LogP contribution in [-0.4, -0.2) is 35.6 Å². The number of rotatable bonds is 8. The first kappa shape index (κ1) is 16.4. The van der Waals surface area contributed by atoms with Crippen LogP contribution in [0.4, 0.5) is 0 Å². The SMILES string of the molecule is CCCN(CCC)CC(CC(C)(C)C)C(=O)O. The maximum Gasteiger partial charge on any atom is 0.307 e. The Morgan fingerprint density at radius 3 is 1.94 bits per heavy atom. The Balaban J connectivity index is 4.44. The highest BCUT2D eigenvalue weighted by molar-refractivity contribution is 5.70. The maximum absolute atomic E-state index is 11.3. The Morgan fingerprint density at radius 1 is 1.18 bits per heavy atom. The highest BCUT2D eigenvalue weighted by atomic mass is 16.4. The minimum absolute atomic E-state index is 0.0765. The standard InChI is InChI=1S/C14H29NO2/c1-6-8-15(9-7-2)11-12(13(16)17)10-14(3,4)5/h12H,6-11H2,1-5H3,(H,16,17). The van der Waals surface area contributed by atoms with E-state index in [-0.39, 0.29) is 11.3 Å². The monoisotopic (exact) mass is 243 g/mol. The van der Waals surface area contributed by atoms with Crippen molar-refractivity contribution in [2.24, 2.45) is 11.3 Å². The van der Waals surface area contributed by atoms with Crippen LogP contribution in [-0.2, 0) is 4.79 Å². The fourth-order valence-corrected chi connectivity index (χ4v) is 2.21. The van der Waals surface area contributed by atoms with Gasteiger partial charge in [-0.3, -0.25) is 4.79 Å². The summed E-state index contributed by atoms with van der Waals surface area (Å²) in [7, 11) is 0. The van der Waals surface area contributed by atoms with Crippen LogP contribution < -0.4 is 0 Å². The molecule has 0 bridgehead atoms. The number of nitrogens with zero attached hydrogens (tertiary/aromatic N) is 1. The van der Waals surface area contributed by atoms with Crippen molar-refractivity contribution in [2.75, 3.05) is 19.6 Å². The third-order valence-electron chi connectivity index (χ3n) is 2.77. The van der Waals surface area contributed by atoms with E-state index < -0.39 is 5.97 Å². The van der Waals surface area contributed by atoms with E-state index in [0.717, 1.165) is 32.4 Å². The zero-order valence-corrected chi connectivity index (χ0v) is 12.1. The topological polar surface area (TPSA) is 40.5 Å². The van der Waals surface area contributed by atoms with E-state index in [9.17, 15) is 9.90 Å². The lowest BCUT2D eigenvalue weighted by molar-refractivity contribution is -0.143. The van der Waals surface area contributed by atoms with Gasteiger partial charge in [0.25, 0.3) is 0 Å². The van der Waals surface area contributed by atoms with Crippen molar-refractivity contribution < 1.29 is 9.90 Å². The summed E-state index contributed by atoms with van der Waals surface area (Å²) >= 11 is 0. The fraction of sp³-hybridized carbons (Fsp3) is 0.929. The van der Waals surface area contributed by atoms with Gasteiger partial charge < -0.3 is 10.0 Å². The minimum Gasteiger partial charge on any atom is -0.481 e. The number of carboxylic acids is 1. The van der Waals surface area contributed by atoms with Gasteiger partial charge in [-0.05, 0) is 37.8 Å².